The van der Waals surface area contributed by atoms with Gasteiger partial charge in [-0.1, -0.05) is 58.0 Å². The molecule has 0 saturated carbocycles. The molecule has 7 nitrogen and oxygen atoms in total. The summed E-state index contributed by atoms with van der Waals surface area (Å²) in [6.07, 6.45) is 3.26. The highest BCUT2D eigenvalue weighted by Crippen LogP contribution is 2.27. The van der Waals surface area contributed by atoms with E-state index in [1.807, 2.05) is 52.0 Å². The van der Waals surface area contributed by atoms with E-state index in [9.17, 15) is 14.4 Å². The van der Waals surface area contributed by atoms with Crippen LogP contribution in [0, 0.1) is 5.92 Å². The fourth-order valence-corrected chi connectivity index (χ4v) is 3.78. The molecule has 0 aromatic heterocycles. The van der Waals surface area contributed by atoms with E-state index in [0.717, 1.165) is 18.4 Å². The quantitative estimate of drug-likeness (QED) is 0.383. The zero-order valence-electron chi connectivity index (χ0n) is 22.8. The van der Waals surface area contributed by atoms with E-state index in [-0.39, 0.29) is 23.8 Å². The normalized spacial score (nSPS) is 13.2. The van der Waals surface area contributed by atoms with Crippen LogP contribution in [0.15, 0.2) is 30.8 Å². The molecule has 0 aliphatic heterocycles. The fourth-order valence-electron chi connectivity index (χ4n) is 3.78. The van der Waals surface area contributed by atoms with Gasteiger partial charge in [0.05, 0.1) is 0 Å². The molecular formula is C28H45N3O4. The fraction of sp³-hybridized carbons (Fsp3) is 0.607. The summed E-state index contributed by atoms with van der Waals surface area (Å²) in [5.41, 5.74) is 0.856. The van der Waals surface area contributed by atoms with Crippen molar-refractivity contribution in [3.05, 3.63) is 42.0 Å². The lowest BCUT2D eigenvalue weighted by molar-refractivity contribution is -0.144. The lowest BCUT2D eigenvalue weighted by Crippen LogP contribution is -2.55. The molecule has 1 aromatic carbocycles. The van der Waals surface area contributed by atoms with Crippen LogP contribution in [0.2, 0.25) is 0 Å². The Morgan fingerprint density at radius 3 is 2.31 bits per heavy atom. The van der Waals surface area contributed by atoms with Crippen LogP contribution in [-0.4, -0.2) is 47.0 Å². The molecule has 2 N–H and O–H groups in total. The Kier molecular flexibility index (Phi) is 12.0. The van der Waals surface area contributed by atoms with Gasteiger partial charge in [-0.05, 0) is 70.6 Å². The van der Waals surface area contributed by atoms with Crippen LogP contribution in [-0.2, 0) is 14.3 Å². The van der Waals surface area contributed by atoms with Gasteiger partial charge in [0.25, 0.3) is 0 Å². The molecule has 1 rings (SSSR count). The van der Waals surface area contributed by atoms with Gasteiger partial charge in [-0.2, -0.15) is 0 Å². The van der Waals surface area contributed by atoms with Crippen LogP contribution in [0.1, 0.15) is 91.8 Å². The average Bonchev–Trinajstić information content (AvgIpc) is 2.74. The zero-order valence-corrected chi connectivity index (χ0v) is 22.8. The number of carbonyl (C=O) groups excluding carboxylic acids is 3. The standard InChI is InChI=1S/C28H45N3O4/c1-10-12-16-29-25(32)24(22-15-13-14-21(11-2)18-22)31(20(5)6)26(33)23(17-19(3)4)30-27(34)35-28(7,8)9/h11,13-15,18-20,23-24H,2,10,12,16-17H2,1,3-9H3,(H,29,32)(H,30,34). The van der Waals surface area contributed by atoms with Crippen LogP contribution in [0.3, 0.4) is 0 Å². The highest BCUT2D eigenvalue weighted by Gasteiger charge is 2.38. The van der Waals surface area contributed by atoms with Crippen LogP contribution in [0.25, 0.3) is 6.08 Å². The molecule has 35 heavy (non-hydrogen) atoms. The summed E-state index contributed by atoms with van der Waals surface area (Å²) >= 11 is 0. The molecule has 0 radical (unpaired) electrons. The van der Waals surface area contributed by atoms with Gasteiger partial charge in [0.1, 0.15) is 17.7 Å². The Labute approximate surface area is 211 Å². The van der Waals surface area contributed by atoms with Crippen molar-refractivity contribution in [2.45, 2.75) is 98.4 Å². The van der Waals surface area contributed by atoms with Crippen LogP contribution in [0.4, 0.5) is 4.79 Å². The zero-order chi connectivity index (χ0) is 26.8. The monoisotopic (exact) mass is 487 g/mol. The van der Waals surface area contributed by atoms with E-state index in [2.05, 4.69) is 24.1 Å². The second-order valence-electron chi connectivity index (χ2n) is 10.6. The van der Waals surface area contributed by atoms with Crippen molar-refractivity contribution in [3.63, 3.8) is 0 Å². The van der Waals surface area contributed by atoms with Gasteiger partial charge < -0.3 is 20.3 Å². The number of nitrogens with one attached hydrogen (secondary N) is 2. The number of unbranched alkanes of at least 4 members (excludes halogenated alkanes) is 1. The molecule has 2 unspecified atom stereocenters. The van der Waals surface area contributed by atoms with Crippen molar-refractivity contribution < 1.29 is 19.1 Å². The van der Waals surface area contributed by atoms with Crippen LogP contribution in [0.5, 0.6) is 0 Å². The van der Waals surface area contributed by atoms with E-state index >= 15 is 0 Å². The van der Waals surface area contributed by atoms with Gasteiger partial charge in [0.15, 0.2) is 0 Å². The average molecular weight is 488 g/mol. The minimum Gasteiger partial charge on any atom is -0.444 e. The lowest BCUT2D eigenvalue weighted by atomic mass is 9.97. The Balaban J connectivity index is 3.45. The van der Waals surface area contributed by atoms with Crippen molar-refractivity contribution >= 4 is 24.0 Å². The van der Waals surface area contributed by atoms with E-state index < -0.39 is 23.8 Å². The van der Waals surface area contributed by atoms with Crippen molar-refractivity contribution in [1.82, 2.24) is 15.5 Å². The predicted molar refractivity (Wildman–Crippen MR) is 142 cm³/mol. The maximum atomic E-state index is 14.0. The number of amides is 3. The first kappa shape index (κ1) is 30.2. The van der Waals surface area contributed by atoms with Gasteiger partial charge in [-0.15, -0.1) is 0 Å². The summed E-state index contributed by atoms with van der Waals surface area (Å²) in [7, 11) is 0. The number of nitrogens with zero attached hydrogens (tertiary/aromatic N) is 1. The molecule has 0 aliphatic carbocycles. The molecule has 3 amide bonds. The van der Waals surface area contributed by atoms with Gasteiger partial charge in [-0.25, -0.2) is 4.79 Å². The number of ether oxygens (including phenoxy) is 1. The SMILES string of the molecule is C=Cc1cccc(C(C(=O)NCCCC)N(C(=O)C(CC(C)C)NC(=O)OC(C)(C)C)C(C)C)c1. The van der Waals surface area contributed by atoms with Crippen LogP contribution < -0.4 is 10.6 Å². The molecule has 0 bridgehead atoms. The minimum absolute atomic E-state index is 0.133. The van der Waals surface area contributed by atoms with Crippen molar-refractivity contribution in [1.29, 1.82) is 0 Å². The maximum absolute atomic E-state index is 14.0. The highest BCUT2D eigenvalue weighted by atomic mass is 16.6. The maximum Gasteiger partial charge on any atom is 0.408 e. The number of rotatable bonds is 12. The molecule has 1 aromatic rings. The first-order chi connectivity index (χ1) is 16.3. The molecule has 2 atom stereocenters. The number of carbonyl (C=O) groups is 3. The Morgan fingerprint density at radius 2 is 1.80 bits per heavy atom. The smallest absolute Gasteiger partial charge is 0.408 e. The number of hydrogen-bond acceptors (Lipinski definition) is 4. The molecule has 0 fully saturated rings. The van der Waals surface area contributed by atoms with E-state index in [1.54, 1.807) is 31.7 Å². The van der Waals surface area contributed by atoms with Crippen LogP contribution >= 0.6 is 0 Å². The summed E-state index contributed by atoms with van der Waals surface area (Å²) in [6, 6.07) is 5.49. The highest BCUT2D eigenvalue weighted by molar-refractivity contribution is 5.92. The van der Waals surface area contributed by atoms with Crippen molar-refractivity contribution in [3.8, 4) is 0 Å². The third-order valence-electron chi connectivity index (χ3n) is 5.33. The minimum atomic E-state index is -0.852. The second-order valence-corrected chi connectivity index (χ2v) is 10.6. The molecular weight excluding hydrogens is 442 g/mol. The first-order valence-electron chi connectivity index (χ1n) is 12.6. The molecule has 0 saturated heterocycles. The Hall–Kier alpha value is -2.83. The first-order valence-corrected chi connectivity index (χ1v) is 12.6. The third-order valence-corrected chi connectivity index (χ3v) is 5.33. The van der Waals surface area contributed by atoms with Gasteiger partial charge in [0, 0.05) is 12.6 Å². The lowest BCUT2D eigenvalue weighted by Gasteiger charge is -2.37. The summed E-state index contributed by atoms with van der Waals surface area (Å²) in [5.74, 6) is -0.435. The summed E-state index contributed by atoms with van der Waals surface area (Å²) < 4.78 is 5.42. The Bertz CT molecular complexity index is 858. The van der Waals surface area contributed by atoms with E-state index in [0.29, 0.717) is 18.5 Å². The Morgan fingerprint density at radius 1 is 1.14 bits per heavy atom. The number of alkyl carbamates (subject to hydrolysis) is 1. The third kappa shape index (κ3) is 10.1. The summed E-state index contributed by atoms with van der Waals surface area (Å²) in [6.45, 7) is 19.5. The van der Waals surface area contributed by atoms with Gasteiger partial charge in [0.2, 0.25) is 11.8 Å². The van der Waals surface area contributed by atoms with Gasteiger partial charge in [-0.3, -0.25) is 9.59 Å². The second kappa shape index (κ2) is 13.9. The topological polar surface area (TPSA) is 87.7 Å². The van der Waals surface area contributed by atoms with Crippen molar-refractivity contribution in [2.75, 3.05) is 6.54 Å². The van der Waals surface area contributed by atoms with E-state index in [4.69, 9.17) is 4.74 Å². The van der Waals surface area contributed by atoms with Gasteiger partial charge >= 0.3 is 6.09 Å². The predicted octanol–water partition coefficient (Wildman–Crippen LogP) is 5.46. The van der Waals surface area contributed by atoms with E-state index in [1.165, 1.54) is 0 Å². The molecule has 0 heterocycles. The molecule has 7 heteroatoms. The number of benzene rings is 1. The molecule has 0 spiro atoms. The summed E-state index contributed by atoms with van der Waals surface area (Å²) in [5, 5.41) is 5.75. The number of hydrogen-bond donors (Lipinski definition) is 2. The van der Waals surface area contributed by atoms with Crippen molar-refractivity contribution in [2.24, 2.45) is 5.92 Å². The molecule has 196 valence electrons. The molecule has 0 aliphatic rings. The largest absolute Gasteiger partial charge is 0.444 e. The summed E-state index contributed by atoms with van der Waals surface area (Å²) in [4.78, 5) is 41.6.